The molecule has 1 unspecified atom stereocenters. The molecule has 1 saturated heterocycles. The molecule has 11 nitrogen and oxygen atoms in total. The van der Waals surface area contributed by atoms with E-state index >= 15 is 0 Å². The lowest BCUT2D eigenvalue weighted by molar-refractivity contribution is -0.385. The number of nitrogens with zero attached hydrogens (tertiary/aromatic N) is 2. The van der Waals surface area contributed by atoms with Crippen molar-refractivity contribution in [2.75, 3.05) is 20.0 Å². The Morgan fingerprint density at radius 2 is 1.91 bits per heavy atom. The van der Waals surface area contributed by atoms with Gasteiger partial charge in [-0.1, -0.05) is 6.07 Å². The first-order valence-electron chi connectivity index (χ1n) is 9.92. The molecular weight excluding hydrogens is 422 g/mol. The average Bonchev–Trinajstić information content (AvgIpc) is 3.02. The molecule has 1 atom stereocenters. The van der Waals surface area contributed by atoms with Crippen molar-refractivity contribution in [2.24, 2.45) is 0 Å². The first kappa shape index (κ1) is 20.1. The summed E-state index contributed by atoms with van der Waals surface area (Å²) in [7, 11) is 0. The topological polar surface area (TPSA) is 129 Å². The summed E-state index contributed by atoms with van der Waals surface area (Å²) >= 11 is 0. The second-order valence-corrected chi connectivity index (χ2v) is 7.77. The fourth-order valence-corrected chi connectivity index (χ4v) is 4.06. The van der Waals surface area contributed by atoms with Crippen molar-refractivity contribution in [1.29, 1.82) is 0 Å². The van der Waals surface area contributed by atoms with Crippen LogP contribution in [0.3, 0.4) is 0 Å². The Morgan fingerprint density at radius 1 is 1.12 bits per heavy atom. The van der Waals surface area contributed by atoms with Crippen molar-refractivity contribution in [2.45, 2.75) is 25.6 Å². The number of urea groups is 1. The molecule has 2 aromatic carbocycles. The van der Waals surface area contributed by atoms with Crippen LogP contribution in [0.2, 0.25) is 0 Å². The van der Waals surface area contributed by atoms with Crippen LogP contribution >= 0.6 is 0 Å². The number of imide groups is 1. The molecule has 3 aliphatic rings. The molecule has 5 rings (SSSR count). The number of hydrogen-bond donors (Lipinski definition) is 1. The van der Waals surface area contributed by atoms with E-state index in [1.165, 1.54) is 12.1 Å². The molecule has 3 amide bonds. The van der Waals surface area contributed by atoms with Crippen LogP contribution in [-0.2, 0) is 28.2 Å². The second kappa shape index (κ2) is 7.38. The molecule has 166 valence electrons. The van der Waals surface area contributed by atoms with E-state index in [0.717, 1.165) is 4.90 Å². The molecule has 11 heteroatoms. The van der Waals surface area contributed by atoms with Gasteiger partial charge >= 0.3 is 6.03 Å². The minimum atomic E-state index is -1.34. The predicted molar refractivity (Wildman–Crippen MR) is 107 cm³/mol. The van der Waals surface area contributed by atoms with Crippen LogP contribution < -0.4 is 19.5 Å². The number of ether oxygens (including phenoxy) is 4. The maximum absolute atomic E-state index is 13.4. The number of non-ortho nitro benzene ring substituents is 1. The van der Waals surface area contributed by atoms with Crippen LogP contribution in [0.25, 0.3) is 0 Å². The van der Waals surface area contributed by atoms with Gasteiger partial charge in [-0.15, -0.1) is 0 Å². The van der Waals surface area contributed by atoms with E-state index in [4.69, 9.17) is 18.9 Å². The van der Waals surface area contributed by atoms with Gasteiger partial charge in [-0.2, -0.15) is 0 Å². The number of fused-ring (bicyclic) bond motifs is 2. The average molecular weight is 441 g/mol. The third kappa shape index (κ3) is 3.17. The summed E-state index contributed by atoms with van der Waals surface area (Å²) in [4.78, 5) is 38.0. The fourth-order valence-electron chi connectivity index (χ4n) is 4.06. The van der Waals surface area contributed by atoms with Gasteiger partial charge in [0, 0.05) is 23.3 Å². The Balaban J connectivity index is 1.48. The Bertz CT molecular complexity index is 1150. The van der Waals surface area contributed by atoms with Gasteiger partial charge < -0.3 is 24.3 Å². The maximum Gasteiger partial charge on any atom is 0.325 e. The lowest BCUT2D eigenvalue weighted by Crippen LogP contribution is -2.41. The Morgan fingerprint density at radius 3 is 2.69 bits per heavy atom. The number of nitro benzene ring substituents is 1. The normalized spacial score (nSPS) is 21.6. The van der Waals surface area contributed by atoms with Crippen LogP contribution in [0.15, 0.2) is 30.3 Å². The number of carbonyl (C=O) groups excluding carboxylic acids is 2. The van der Waals surface area contributed by atoms with Gasteiger partial charge in [-0.05, 0) is 24.6 Å². The summed E-state index contributed by atoms with van der Waals surface area (Å²) in [5.74, 6) is 0.957. The van der Waals surface area contributed by atoms with Gasteiger partial charge in [0.2, 0.25) is 0 Å². The summed E-state index contributed by atoms with van der Waals surface area (Å²) in [5.41, 5.74) is -0.130. The highest BCUT2D eigenvalue weighted by Crippen LogP contribution is 2.39. The van der Waals surface area contributed by atoms with Crippen LogP contribution in [0.1, 0.15) is 23.6 Å². The third-order valence-corrected chi connectivity index (χ3v) is 5.71. The zero-order valence-electron chi connectivity index (χ0n) is 17.1. The highest BCUT2D eigenvalue weighted by Gasteiger charge is 2.49. The van der Waals surface area contributed by atoms with Gasteiger partial charge in [0.25, 0.3) is 11.6 Å². The number of amides is 3. The molecule has 1 N–H and O–H groups in total. The quantitative estimate of drug-likeness (QED) is 0.434. The van der Waals surface area contributed by atoms with Gasteiger partial charge in [-0.25, -0.2) is 4.79 Å². The second-order valence-electron chi connectivity index (χ2n) is 7.77. The summed E-state index contributed by atoms with van der Waals surface area (Å²) in [5, 5.41) is 14.1. The lowest BCUT2D eigenvalue weighted by Gasteiger charge is -2.25. The largest absolute Gasteiger partial charge is 0.486 e. The highest BCUT2D eigenvalue weighted by molar-refractivity contribution is 6.07. The number of hydrogen-bond acceptors (Lipinski definition) is 8. The molecule has 0 spiro atoms. The van der Waals surface area contributed by atoms with Crippen LogP contribution in [0.5, 0.6) is 17.2 Å². The lowest BCUT2D eigenvalue weighted by atomic mass is 9.91. The SMILES string of the molecule is CC1(c2ccc3c(c2)OCCO3)NC(=O)N(Cc2cc([N+](=O)[O-])cc3c2OCOC3)C1=O. The number of nitrogens with one attached hydrogen (secondary N) is 1. The van der Waals surface area contributed by atoms with E-state index in [-0.39, 0.29) is 25.6 Å². The molecule has 1 fully saturated rings. The molecule has 2 aromatic rings. The maximum atomic E-state index is 13.4. The predicted octanol–water partition coefficient (Wildman–Crippen LogP) is 2.20. The van der Waals surface area contributed by atoms with Gasteiger partial charge in [-0.3, -0.25) is 19.8 Å². The van der Waals surface area contributed by atoms with Crippen molar-refractivity contribution < 1.29 is 33.5 Å². The van der Waals surface area contributed by atoms with Crippen molar-refractivity contribution in [3.05, 3.63) is 57.1 Å². The Hall–Kier alpha value is -3.86. The third-order valence-electron chi connectivity index (χ3n) is 5.71. The Kier molecular flexibility index (Phi) is 4.63. The van der Waals surface area contributed by atoms with Crippen LogP contribution in [0.4, 0.5) is 10.5 Å². The summed E-state index contributed by atoms with van der Waals surface area (Å²) in [6, 6.07) is 7.13. The molecule has 32 heavy (non-hydrogen) atoms. The molecule has 3 heterocycles. The van der Waals surface area contributed by atoms with Gasteiger partial charge in [0.15, 0.2) is 18.3 Å². The number of nitro groups is 1. The molecule has 0 bridgehead atoms. The zero-order chi connectivity index (χ0) is 22.5. The molecule has 0 aliphatic carbocycles. The van der Waals surface area contributed by atoms with E-state index in [1.54, 1.807) is 25.1 Å². The smallest absolute Gasteiger partial charge is 0.325 e. The van der Waals surface area contributed by atoms with E-state index in [0.29, 0.717) is 47.2 Å². The number of carbonyl (C=O) groups is 2. The van der Waals surface area contributed by atoms with E-state index < -0.39 is 22.4 Å². The summed E-state index contributed by atoms with van der Waals surface area (Å²) in [6.07, 6.45) is 0. The van der Waals surface area contributed by atoms with E-state index in [1.807, 2.05) is 0 Å². The molecule has 0 saturated carbocycles. The van der Waals surface area contributed by atoms with Crippen LogP contribution in [0, 0.1) is 10.1 Å². The standard InChI is InChI=1S/C21H19N3O8/c1-21(14-2-3-16-17(8-14)31-5-4-30-16)19(25)23(20(26)22-21)9-12-6-15(24(27)28)7-13-10-29-11-32-18(12)13/h2-3,6-8H,4-5,9-11H2,1H3,(H,22,26). The number of benzene rings is 2. The number of rotatable bonds is 4. The molecular formula is C21H19N3O8. The van der Waals surface area contributed by atoms with Gasteiger partial charge in [0.1, 0.15) is 24.5 Å². The van der Waals surface area contributed by atoms with Crippen molar-refractivity contribution >= 4 is 17.6 Å². The first-order valence-corrected chi connectivity index (χ1v) is 9.92. The summed E-state index contributed by atoms with van der Waals surface area (Å²) in [6.45, 7) is 2.36. The van der Waals surface area contributed by atoms with E-state index in [2.05, 4.69) is 5.32 Å². The molecule has 3 aliphatic heterocycles. The first-order chi connectivity index (χ1) is 15.4. The van der Waals surface area contributed by atoms with Crippen LogP contribution in [-0.4, -0.2) is 41.8 Å². The van der Waals surface area contributed by atoms with E-state index in [9.17, 15) is 19.7 Å². The van der Waals surface area contributed by atoms with Gasteiger partial charge in [0.05, 0.1) is 18.1 Å². The van der Waals surface area contributed by atoms with Crippen molar-refractivity contribution in [3.63, 3.8) is 0 Å². The van der Waals surface area contributed by atoms with Crippen molar-refractivity contribution in [3.8, 4) is 17.2 Å². The molecule has 0 aromatic heterocycles. The monoisotopic (exact) mass is 441 g/mol. The molecule has 0 radical (unpaired) electrons. The fraction of sp³-hybridized carbons (Fsp3) is 0.333. The van der Waals surface area contributed by atoms with Crippen molar-refractivity contribution in [1.82, 2.24) is 10.2 Å². The Labute approximate surface area is 181 Å². The highest BCUT2D eigenvalue weighted by atomic mass is 16.7. The zero-order valence-corrected chi connectivity index (χ0v) is 17.1. The summed E-state index contributed by atoms with van der Waals surface area (Å²) < 4.78 is 21.8. The minimum absolute atomic E-state index is 0.0210. The minimum Gasteiger partial charge on any atom is -0.486 e.